The summed E-state index contributed by atoms with van der Waals surface area (Å²) in [6.07, 6.45) is -0.143. The standard InChI is InChI=1S/C56H40O12/c57-29-9-1-24(2-10-29)42-48-38(64)22-37-46-44-36(20-35(63)21-40(44)67-54(46)27-7-15-32(60)16-8-27)45-47-39(65)23-41-49(50(47)52(42)56(37,55(48)66)51(45)25-3-11-30(58)12-4-25)43(28-17-33(61)19-34(62)18-28)53(68-41)26-5-13-31(59)14-6-26/h1-23,42-43,45-46,48,51-54,57-63,65H/t42-,43+,45-,46+,48+,51-,52-,53-,54-,56?/m0/s1. The van der Waals surface area contributed by atoms with Gasteiger partial charge in [-0.2, -0.15) is 0 Å². The Kier molecular flexibility index (Phi) is 8.12. The van der Waals surface area contributed by atoms with Gasteiger partial charge in [0.25, 0.3) is 0 Å². The Bertz CT molecular complexity index is 3340. The van der Waals surface area contributed by atoms with Gasteiger partial charge in [-0.3, -0.25) is 9.59 Å². The molecule has 12 heteroatoms. The molecule has 3 bridgehead atoms. The van der Waals surface area contributed by atoms with Crippen molar-refractivity contribution in [2.75, 3.05) is 0 Å². The summed E-state index contributed by atoms with van der Waals surface area (Å²) in [5, 5.41) is 89.3. The lowest BCUT2D eigenvalue weighted by atomic mass is 9.48. The maximum Gasteiger partial charge on any atom is 0.166 e. The van der Waals surface area contributed by atoms with Crippen LogP contribution in [0.25, 0.3) is 0 Å². The number of hydrogen-bond donors (Lipinski definition) is 8. The van der Waals surface area contributed by atoms with Gasteiger partial charge in [-0.15, -0.1) is 0 Å². The van der Waals surface area contributed by atoms with Crippen LogP contribution in [0, 0.1) is 11.3 Å². The number of phenolic OH excluding ortho intramolecular Hbond substituents is 8. The van der Waals surface area contributed by atoms with E-state index in [4.69, 9.17) is 9.47 Å². The van der Waals surface area contributed by atoms with E-state index in [0.717, 1.165) is 0 Å². The summed E-state index contributed by atoms with van der Waals surface area (Å²) >= 11 is 0. The predicted molar refractivity (Wildman–Crippen MR) is 244 cm³/mol. The third-order valence-electron chi connectivity index (χ3n) is 15.6. The zero-order chi connectivity index (χ0) is 46.7. The smallest absolute Gasteiger partial charge is 0.166 e. The normalized spacial score (nSPS) is 27.6. The van der Waals surface area contributed by atoms with Crippen LogP contribution in [0.4, 0.5) is 0 Å². The Labute approximate surface area is 387 Å². The minimum Gasteiger partial charge on any atom is -0.508 e. The topological polar surface area (TPSA) is 214 Å². The van der Waals surface area contributed by atoms with Crippen molar-refractivity contribution in [2.24, 2.45) is 11.3 Å². The fourth-order valence-corrected chi connectivity index (χ4v) is 13.4. The van der Waals surface area contributed by atoms with Crippen molar-refractivity contribution < 1.29 is 59.9 Å². The summed E-state index contributed by atoms with van der Waals surface area (Å²) in [5.74, 6) is -7.69. The van der Waals surface area contributed by atoms with E-state index in [1.807, 2.05) is 0 Å². The van der Waals surface area contributed by atoms with E-state index in [1.165, 1.54) is 66.7 Å². The number of aromatic hydroxyl groups is 8. The number of phenols is 8. The molecule has 4 aliphatic carbocycles. The first-order valence-electron chi connectivity index (χ1n) is 22.4. The van der Waals surface area contributed by atoms with Crippen molar-refractivity contribution in [1.29, 1.82) is 0 Å². The molecule has 10 atom stereocenters. The summed E-state index contributed by atoms with van der Waals surface area (Å²) in [4.78, 5) is 32.0. The average molecular weight is 905 g/mol. The Hall–Kier alpha value is -8.38. The zero-order valence-corrected chi connectivity index (χ0v) is 35.7. The van der Waals surface area contributed by atoms with E-state index in [-0.39, 0.29) is 57.5 Å². The molecule has 2 aliphatic heterocycles. The molecule has 13 rings (SSSR count). The van der Waals surface area contributed by atoms with E-state index in [9.17, 15) is 40.9 Å². The van der Waals surface area contributed by atoms with Gasteiger partial charge < -0.3 is 50.3 Å². The first-order chi connectivity index (χ1) is 32.8. The Morgan fingerprint density at radius 2 is 0.897 bits per heavy atom. The molecule has 8 N–H and O–H groups in total. The number of rotatable bonds is 5. The van der Waals surface area contributed by atoms with Gasteiger partial charge in [-0.05, 0) is 117 Å². The van der Waals surface area contributed by atoms with Crippen LogP contribution in [-0.2, 0) is 9.59 Å². The lowest BCUT2D eigenvalue weighted by Gasteiger charge is -2.52. The number of carbonyl (C=O) groups is 2. The molecule has 2 heterocycles. The molecule has 0 amide bonds. The van der Waals surface area contributed by atoms with Gasteiger partial charge in [-0.1, -0.05) is 48.5 Å². The maximum absolute atomic E-state index is 16.7. The number of carbonyl (C=O) groups excluding carboxylic acids is 2. The van der Waals surface area contributed by atoms with Crippen molar-refractivity contribution in [3.05, 3.63) is 201 Å². The number of allylic oxidation sites excluding steroid dienone is 1. The lowest BCUT2D eigenvalue weighted by molar-refractivity contribution is -0.135. The van der Waals surface area contributed by atoms with Gasteiger partial charge in [0.1, 0.15) is 69.7 Å². The molecule has 0 aromatic heterocycles. The minimum atomic E-state index is -1.64. The van der Waals surface area contributed by atoms with Crippen LogP contribution in [0.1, 0.15) is 103 Å². The fourth-order valence-electron chi connectivity index (χ4n) is 13.4. The second-order valence-corrected chi connectivity index (χ2v) is 18.9. The van der Waals surface area contributed by atoms with Crippen LogP contribution in [-0.4, -0.2) is 52.4 Å². The summed E-state index contributed by atoms with van der Waals surface area (Å²) in [6.45, 7) is 0. The zero-order valence-electron chi connectivity index (χ0n) is 35.7. The average Bonchev–Trinajstić information content (AvgIpc) is 3.92. The first-order valence-corrected chi connectivity index (χ1v) is 22.4. The largest absolute Gasteiger partial charge is 0.508 e. The van der Waals surface area contributed by atoms with E-state index >= 15 is 9.59 Å². The van der Waals surface area contributed by atoms with Crippen molar-refractivity contribution in [2.45, 2.75) is 47.7 Å². The number of benzene rings is 7. The highest BCUT2D eigenvalue weighted by Crippen LogP contribution is 2.80. The molecule has 0 saturated heterocycles. The summed E-state index contributed by atoms with van der Waals surface area (Å²) < 4.78 is 13.8. The van der Waals surface area contributed by atoms with Gasteiger partial charge in [0, 0.05) is 58.6 Å². The van der Waals surface area contributed by atoms with Crippen molar-refractivity contribution in [3.63, 3.8) is 0 Å². The molecule has 0 radical (unpaired) electrons. The van der Waals surface area contributed by atoms with E-state index in [0.29, 0.717) is 67.0 Å². The molecular weight excluding hydrogens is 865 g/mol. The second-order valence-electron chi connectivity index (χ2n) is 18.9. The van der Waals surface area contributed by atoms with Gasteiger partial charge in [0.15, 0.2) is 11.6 Å². The van der Waals surface area contributed by atoms with Gasteiger partial charge in [0.2, 0.25) is 0 Å². The number of hydrogen-bond acceptors (Lipinski definition) is 12. The molecule has 336 valence electrons. The van der Waals surface area contributed by atoms with Crippen LogP contribution in [0.2, 0.25) is 0 Å². The minimum absolute atomic E-state index is 0.0126. The third-order valence-corrected chi connectivity index (χ3v) is 15.6. The number of fused-ring (bicyclic) bond motifs is 9. The number of ether oxygens (including phenoxy) is 2. The Balaban J connectivity index is 1.21. The van der Waals surface area contributed by atoms with Crippen LogP contribution in [0.5, 0.6) is 57.5 Å². The Morgan fingerprint density at radius 3 is 1.47 bits per heavy atom. The van der Waals surface area contributed by atoms with Gasteiger partial charge in [-0.25, -0.2) is 0 Å². The van der Waals surface area contributed by atoms with Crippen LogP contribution >= 0.6 is 0 Å². The van der Waals surface area contributed by atoms with Gasteiger partial charge >= 0.3 is 0 Å². The molecule has 6 aliphatic rings. The summed E-state index contributed by atoms with van der Waals surface area (Å²) in [5.41, 5.74) is 4.33. The molecule has 1 spiro atoms. The Morgan fingerprint density at radius 1 is 0.397 bits per heavy atom. The highest BCUT2D eigenvalue weighted by molar-refractivity contribution is 6.18. The molecule has 12 nitrogen and oxygen atoms in total. The predicted octanol–water partition coefficient (Wildman–Crippen LogP) is 9.32. The molecule has 1 fully saturated rings. The molecule has 1 saturated carbocycles. The van der Waals surface area contributed by atoms with Crippen molar-refractivity contribution in [3.8, 4) is 57.5 Å². The molecule has 68 heavy (non-hydrogen) atoms. The lowest BCUT2D eigenvalue weighted by Crippen LogP contribution is -2.49. The molecule has 7 aromatic rings. The maximum atomic E-state index is 16.7. The highest BCUT2D eigenvalue weighted by atomic mass is 16.5. The fraction of sp³-hybridized carbons (Fsp3) is 0.179. The van der Waals surface area contributed by atoms with Crippen LogP contribution in [0.15, 0.2) is 145 Å². The third kappa shape index (κ3) is 5.25. The monoisotopic (exact) mass is 904 g/mol. The van der Waals surface area contributed by atoms with Crippen LogP contribution in [0.3, 0.4) is 0 Å². The molecule has 1 unspecified atom stereocenters. The quantitative estimate of drug-likeness (QED) is 0.0759. The van der Waals surface area contributed by atoms with Gasteiger partial charge in [0.05, 0.1) is 23.2 Å². The molecular formula is C56H40O12. The van der Waals surface area contributed by atoms with E-state index < -0.39 is 64.8 Å². The summed E-state index contributed by atoms with van der Waals surface area (Å²) in [6, 6.07) is 35.0. The first kappa shape index (κ1) is 39.9. The SMILES string of the molecule is O=C1C=C2[C@@H]3c4c(cc(O)cc4[C@H]4c5c(O)cc6c(c5[C@@H]5[C@@H](c7ccc(O)cc7)[C@@H]1C(=O)C25[C@H]4c1ccc(O)cc1)[C@@H](c1cc(O)cc(O)c1)[C@H](c1ccc(O)cc1)O6)O[C@H]3c1ccc(O)cc1. The van der Waals surface area contributed by atoms with E-state index in [2.05, 4.69) is 0 Å². The highest BCUT2D eigenvalue weighted by Gasteiger charge is 2.76. The van der Waals surface area contributed by atoms with Crippen LogP contribution < -0.4 is 9.47 Å². The number of Topliss-reactive ketones (excluding diaryl/α,β-unsaturated/α-hetero) is 1. The number of ketones is 2. The summed E-state index contributed by atoms with van der Waals surface area (Å²) in [7, 11) is 0. The van der Waals surface area contributed by atoms with Crippen molar-refractivity contribution in [1.82, 2.24) is 0 Å². The molecule has 7 aromatic carbocycles. The van der Waals surface area contributed by atoms with Crippen molar-refractivity contribution >= 4 is 11.6 Å². The van der Waals surface area contributed by atoms with E-state index in [1.54, 1.807) is 72.8 Å². The second kappa shape index (κ2) is 13.8.